The second-order valence-corrected chi connectivity index (χ2v) is 3.91. The first-order valence-electron chi connectivity index (χ1n) is 5.53. The Kier molecular flexibility index (Phi) is 4.89. The smallest absolute Gasteiger partial charge is 0.119 e. The molecule has 2 aromatic carbocycles. The highest BCUT2D eigenvalue weighted by Gasteiger charge is 2.09. The molecule has 2 rings (SSSR count). The maximum atomic E-state index is 5.98. The van der Waals surface area contributed by atoms with Crippen molar-refractivity contribution in [3.05, 3.63) is 36.4 Å². The molecule has 0 bridgehead atoms. The third-order valence-corrected chi connectivity index (χ3v) is 2.81. The first-order chi connectivity index (χ1) is 8.65. The Bertz CT molecular complexity index is 522. The Labute approximate surface area is 118 Å². The first-order valence-corrected chi connectivity index (χ1v) is 5.53. The fraction of sp³-hybridized carbons (Fsp3) is 0.143. The average Bonchev–Trinajstić information content (AvgIpc) is 2.40. The standard InChI is InChI=1S/C14H16N2O2.ClH/c1-17-9-3-5-13(15)11(7-9)12-8-10(18-2)4-6-14(12)16;/h3-8H,15-16H2,1-2H3;1H. The van der Waals surface area contributed by atoms with Crippen LogP contribution in [-0.4, -0.2) is 14.2 Å². The number of nitrogen functional groups attached to an aromatic ring is 2. The van der Waals surface area contributed by atoms with E-state index < -0.39 is 0 Å². The highest BCUT2D eigenvalue weighted by molar-refractivity contribution is 5.86. The summed E-state index contributed by atoms with van der Waals surface area (Å²) in [6.45, 7) is 0. The van der Waals surface area contributed by atoms with Crippen molar-refractivity contribution in [1.29, 1.82) is 0 Å². The van der Waals surface area contributed by atoms with Crippen molar-refractivity contribution in [2.45, 2.75) is 0 Å². The molecule has 4 N–H and O–H groups in total. The number of halogens is 1. The van der Waals surface area contributed by atoms with Crippen molar-refractivity contribution >= 4 is 23.8 Å². The van der Waals surface area contributed by atoms with Gasteiger partial charge in [0.1, 0.15) is 11.5 Å². The molecule has 0 spiro atoms. The normalized spacial score (nSPS) is 9.58. The second-order valence-electron chi connectivity index (χ2n) is 3.91. The zero-order valence-electron chi connectivity index (χ0n) is 10.8. The minimum absolute atomic E-state index is 0. The Morgan fingerprint density at radius 3 is 1.42 bits per heavy atom. The Morgan fingerprint density at radius 1 is 0.737 bits per heavy atom. The van der Waals surface area contributed by atoms with E-state index in [1.807, 2.05) is 24.3 Å². The molecule has 0 aromatic heterocycles. The van der Waals surface area contributed by atoms with E-state index in [9.17, 15) is 0 Å². The maximum absolute atomic E-state index is 5.98. The summed E-state index contributed by atoms with van der Waals surface area (Å²) in [5.74, 6) is 1.47. The molecule has 102 valence electrons. The summed E-state index contributed by atoms with van der Waals surface area (Å²) >= 11 is 0. The van der Waals surface area contributed by atoms with E-state index in [1.165, 1.54) is 0 Å². The summed E-state index contributed by atoms with van der Waals surface area (Å²) in [5, 5.41) is 0. The number of anilines is 2. The molecule has 0 amide bonds. The van der Waals surface area contributed by atoms with Crippen LogP contribution < -0.4 is 20.9 Å². The Morgan fingerprint density at radius 2 is 1.11 bits per heavy atom. The number of hydrogen-bond donors (Lipinski definition) is 2. The second kappa shape index (κ2) is 6.20. The fourth-order valence-electron chi connectivity index (χ4n) is 1.79. The summed E-state index contributed by atoms with van der Waals surface area (Å²) < 4.78 is 10.4. The summed E-state index contributed by atoms with van der Waals surface area (Å²) in [7, 11) is 3.23. The van der Waals surface area contributed by atoms with E-state index in [0.29, 0.717) is 11.4 Å². The Hall–Kier alpha value is -2.07. The first kappa shape index (κ1) is 15.0. The SMILES string of the molecule is COc1ccc(N)c(-c2cc(OC)ccc2N)c1.Cl. The van der Waals surface area contributed by atoms with Gasteiger partial charge in [0.25, 0.3) is 0 Å². The molecule has 0 radical (unpaired) electrons. The number of benzene rings is 2. The van der Waals surface area contributed by atoms with Gasteiger partial charge in [-0.05, 0) is 36.4 Å². The monoisotopic (exact) mass is 280 g/mol. The molecule has 5 heteroatoms. The molecule has 4 nitrogen and oxygen atoms in total. The molecule has 19 heavy (non-hydrogen) atoms. The zero-order chi connectivity index (χ0) is 13.1. The van der Waals surface area contributed by atoms with E-state index in [2.05, 4.69) is 0 Å². The van der Waals surface area contributed by atoms with Crippen LogP contribution in [0.5, 0.6) is 11.5 Å². The van der Waals surface area contributed by atoms with Gasteiger partial charge in [0, 0.05) is 22.5 Å². The summed E-state index contributed by atoms with van der Waals surface area (Å²) in [5.41, 5.74) is 14.9. The van der Waals surface area contributed by atoms with Crippen LogP contribution in [0.1, 0.15) is 0 Å². The fourth-order valence-corrected chi connectivity index (χ4v) is 1.79. The molecule has 0 heterocycles. The summed E-state index contributed by atoms with van der Waals surface area (Å²) in [4.78, 5) is 0. The van der Waals surface area contributed by atoms with Crippen LogP contribution >= 0.6 is 12.4 Å². The topological polar surface area (TPSA) is 70.5 Å². The van der Waals surface area contributed by atoms with Crippen molar-refractivity contribution < 1.29 is 9.47 Å². The van der Waals surface area contributed by atoms with Crippen molar-refractivity contribution in [2.75, 3.05) is 25.7 Å². The van der Waals surface area contributed by atoms with E-state index in [-0.39, 0.29) is 12.4 Å². The molecule has 0 aliphatic carbocycles. The van der Waals surface area contributed by atoms with Gasteiger partial charge in [-0.3, -0.25) is 0 Å². The van der Waals surface area contributed by atoms with Gasteiger partial charge >= 0.3 is 0 Å². The van der Waals surface area contributed by atoms with E-state index in [1.54, 1.807) is 26.4 Å². The maximum Gasteiger partial charge on any atom is 0.119 e. The van der Waals surface area contributed by atoms with Crippen LogP contribution in [0.4, 0.5) is 11.4 Å². The highest BCUT2D eigenvalue weighted by atomic mass is 35.5. The lowest BCUT2D eigenvalue weighted by Crippen LogP contribution is -1.96. The van der Waals surface area contributed by atoms with Crippen LogP contribution in [0.25, 0.3) is 11.1 Å². The van der Waals surface area contributed by atoms with Gasteiger partial charge in [-0.25, -0.2) is 0 Å². The molecule has 0 saturated heterocycles. The van der Waals surface area contributed by atoms with Gasteiger partial charge in [0.2, 0.25) is 0 Å². The predicted molar refractivity (Wildman–Crippen MR) is 81.1 cm³/mol. The molecular formula is C14H17ClN2O2. The zero-order valence-corrected chi connectivity index (χ0v) is 11.7. The van der Waals surface area contributed by atoms with Crippen LogP contribution in [-0.2, 0) is 0 Å². The van der Waals surface area contributed by atoms with Crippen LogP contribution in [0, 0.1) is 0 Å². The lowest BCUT2D eigenvalue weighted by molar-refractivity contribution is 0.414. The van der Waals surface area contributed by atoms with Gasteiger partial charge < -0.3 is 20.9 Å². The van der Waals surface area contributed by atoms with E-state index in [4.69, 9.17) is 20.9 Å². The minimum atomic E-state index is 0. The number of methoxy groups -OCH3 is 2. The molecule has 0 fully saturated rings. The number of nitrogens with two attached hydrogens (primary N) is 2. The quantitative estimate of drug-likeness (QED) is 0.848. The summed E-state index contributed by atoms with van der Waals surface area (Å²) in [6, 6.07) is 10.9. The minimum Gasteiger partial charge on any atom is -0.497 e. The third kappa shape index (κ3) is 3.03. The van der Waals surface area contributed by atoms with Gasteiger partial charge in [0.15, 0.2) is 0 Å². The molecule has 0 aliphatic heterocycles. The van der Waals surface area contributed by atoms with Crippen LogP contribution in [0.2, 0.25) is 0 Å². The van der Waals surface area contributed by atoms with Crippen molar-refractivity contribution in [1.82, 2.24) is 0 Å². The van der Waals surface area contributed by atoms with Crippen molar-refractivity contribution in [3.8, 4) is 22.6 Å². The van der Waals surface area contributed by atoms with E-state index >= 15 is 0 Å². The van der Waals surface area contributed by atoms with Gasteiger partial charge in [-0.2, -0.15) is 0 Å². The molecule has 0 unspecified atom stereocenters. The van der Waals surface area contributed by atoms with Crippen molar-refractivity contribution in [2.24, 2.45) is 0 Å². The molecule has 2 aromatic rings. The highest BCUT2D eigenvalue weighted by Crippen LogP contribution is 2.35. The number of ether oxygens (including phenoxy) is 2. The van der Waals surface area contributed by atoms with Crippen LogP contribution in [0.3, 0.4) is 0 Å². The predicted octanol–water partition coefficient (Wildman–Crippen LogP) is 2.96. The summed E-state index contributed by atoms with van der Waals surface area (Å²) in [6.07, 6.45) is 0. The largest absolute Gasteiger partial charge is 0.497 e. The average molecular weight is 281 g/mol. The Balaban J connectivity index is 0.00000180. The van der Waals surface area contributed by atoms with Crippen LogP contribution in [0.15, 0.2) is 36.4 Å². The third-order valence-electron chi connectivity index (χ3n) is 2.81. The lowest BCUT2D eigenvalue weighted by atomic mass is 10.0. The van der Waals surface area contributed by atoms with Crippen molar-refractivity contribution in [3.63, 3.8) is 0 Å². The number of hydrogen-bond acceptors (Lipinski definition) is 4. The van der Waals surface area contributed by atoms with Gasteiger partial charge in [-0.15, -0.1) is 12.4 Å². The van der Waals surface area contributed by atoms with Gasteiger partial charge in [0.05, 0.1) is 14.2 Å². The van der Waals surface area contributed by atoms with Gasteiger partial charge in [-0.1, -0.05) is 0 Å². The number of rotatable bonds is 3. The lowest BCUT2D eigenvalue weighted by Gasteiger charge is -2.12. The molecule has 0 saturated carbocycles. The van der Waals surface area contributed by atoms with E-state index in [0.717, 1.165) is 22.6 Å². The molecule has 0 atom stereocenters. The molecular weight excluding hydrogens is 264 g/mol. The molecule has 0 aliphatic rings.